The maximum atomic E-state index is 11.4. The van der Waals surface area contributed by atoms with E-state index in [1.807, 2.05) is 0 Å². The number of amides is 1. The highest BCUT2D eigenvalue weighted by atomic mass is 16.6. The van der Waals surface area contributed by atoms with Crippen LogP contribution in [0.25, 0.3) is 11.1 Å². The Morgan fingerprint density at radius 2 is 1.90 bits per heavy atom. The molecule has 3 nitrogen and oxygen atoms in total. The molecule has 0 unspecified atom stereocenters. The average Bonchev–Trinajstić information content (AvgIpc) is 2.85. The van der Waals surface area contributed by atoms with Gasteiger partial charge < -0.3 is 9.64 Å². The molecule has 3 heteroatoms. The Labute approximate surface area is 118 Å². The molecule has 0 saturated carbocycles. The fraction of sp³-hybridized carbons (Fsp3) is 0.235. The highest BCUT2D eigenvalue weighted by Crippen LogP contribution is 2.21. The molecule has 2 aromatic carbocycles. The normalized spacial score (nSPS) is 14.4. The third-order valence-corrected chi connectivity index (χ3v) is 3.52. The summed E-state index contributed by atoms with van der Waals surface area (Å²) in [7, 11) is 0. The van der Waals surface area contributed by atoms with Crippen LogP contribution in [0, 0.1) is 6.92 Å². The summed E-state index contributed by atoms with van der Waals surface area (Å²) in [5.41, 5.74) is 4.80. The molecule has 0 aliphatic carbocycles. The van der Waals surface area contributed by atoms with E-state index in [2.05, 4.69) is 55.5 Å². The molecule has 0 spiro atoms. The van der Waals surface area contributed by atoms with Gasteiger partial charge in [0.25, 0.3) is 0 Å². The standard InChI is InChI=1S/C17H17NO2/c1-13-3-2-4-16(11-13)15-7-5-14(6-8-15)12-18-9-10-20-17(18)19/h2-8,11H,9-10,12H2,1H3. The molecule has 1 fully saturated rings. The SMILES string of the molecule is Cc1cccc(-c2ccc(CN3CCOC3=O)cc2)c1. The third kappa shape index (κ3) is 2.67. The number of hydrogen-bond donors (Lipinski definition) is 0. The lowest BCUT2D eigenvalue weighted by atomic mass is 10.0. The van der Waals surface area contributed by atoms with Gasteiger partial charge >= 0.3 is 6.09 Å². The molecule has 3 rings (SSSR count). The second kappa shape index (κ2) is 5.37. The fourth-order valence-electron chi connectivity index (χ4n) is 2.42. The van der Waals surface area contributed by atoms with Crippen molar-refractivity contribution < 1.29 is 9.53 Å². The lowest BCUT2D eigenvalue weighted by Gasteiger charge is -2.12. The minimum Gasteiger partial charge on any atom is -0.448 e. The van der Waals surface area contributed by atoms with Crippen molar-refractivity contribution in [2.24, 2.45) is 0 Å². The largest absolute Gasteiger partial charge is 0.448 e. The van der Waals surface area contributed by atoms with Crippen LogP contribution < -0.4 is 0 Å². The number of ether oxygens (including phenoxy) is 1. The molecule has 102 valence electrons. The summed E-state index contributed by atoms with van der Waals surface area (Å²) < 4.78 is 4.93. The van der Waals surface area contributed by atoms with Crippen molar-refractivity contribution >= 4 is 6.09 Å². The van der Waals surface area contributed by atoms with Crippen LogP contribution in [0.2, 0.25) is 0 Å². The number of hydrogen-bond acceptors (Lipinski definition) is 2. The Hall–Kier alpha value is -2.29. The lowest BCUT2D eigenvalue weighted by Crippen LogP contribution is -2.23. The van der Waals surface area contributed by atoms with E-state index in [1.54, 1.807) is 4.90 Å². The fourth-order valence-corrected chi connectivity index (χ4v) is 2.42. The van der Waals surface area contributed by atoms with Crippen LogP contribution in [-0.4, -0.2) is 24.1 Å². The average molecular weight is 267 g/mol. The molecule has 20 heavy (non-hydrogen) atoms. The molecule has 0 aromatic heterocycles. The van der Waals surface area contributed by atoms with E-state index in [-0.39, 0.29) is 6.09 Å². The topological polar surface area (TPSA) is 29.5 Å². The molecular weight excluding hydrogens is 250 g/mol. The first-order chi connectivity index (χ1) is 9.72. The van der Waals surface area contributed by atoms with Gasteiger partial charge in [-0.15, -0.1) is 0 Å². The minimum absolute atomic E-state index is 0.215. The highest BCUT2D eigenvalue weighted by molar-refractivity contribution is 5.69. The van der Waals surface area contributed by atoms with Gasteiger partial charge in [-0.2, -0.15) is 0 Å². The van der Waals surface area contributed by atoms with Crippen LogP contribution in [0.4, 0.5) is 4.79 Å². The van der Waals surface area contributed by atoms with E-state index >= 15 is 0 Å². The van der Waals surface area contributed by atoms with Crippen LogP contribution in [0.3, 0.4) is 0 Å². The van der Waals surface area contributed by atoms with Crippen LogP contribution in [0.15, 0.2) is 48.5 Å². The van der Waals surface area contributed by atoms with Gasteiger partial charge in [0.2, 0.25) is 0 Å². The van der Waals surface area contributed by atoms with Gasteiger partial charge in [0.1, 0.15) is 6.61 Å². The Kier molecular flexibility index (Phi) is 3.42. The molecule has 1 amide bonds. The molecule has 1 heterocycles. The highest BCUT2D eigenvalue weighted by Gasteiger charge is 2.21. The number of carbonyl (C=O) groups excluding carboxylic acids is 1. The Bertz CT molecular complexity index is 619. The number of rotatable bonds is 3. The van der Waals surface area contributed by atoms with Crippen LogP contribution in [0.1, 0.15) is 11.1 Å². The van der Waals surface area contributed by atoms with Crippen molar-refractivity contribution in [1.82, 2.24) is 4.90 Å². The first kappa shape index (κ1) is 12.7. The summed E-state index contributed by atoms with van der Waals surface area (Å²) in [6.07, 6.45) is -0.215. The third-order valence-electron chi connectivity index (χ3n) is 3.52. The Morgan fingerprint density at radius 1 is 1.10 bits per heavy atom. The molecular formula is C17H17NO2. The zero-order chi connectivity index (χ0) is 13.9. The summed E-state index contributed by atoms with van der Waals surface area (Å²) in [5.74, 6) is 0. The molecule has 1 saturated heterocycles. The molecule has 0 bridgehead atoms. The van der Waals surface area contributed by atoms with Gasteiger partial charge in [-0.1, -0.05) is 54.1 Å². The predicted octanol–water partition coefficient (Wildman–Crippen LogP) is 3.61. The smallest absolute Gasteiger partial charge is 0.410 e. The van der Waals surface area contributed by atoms with Crippen molar-refractivity contribution in [2.75, 3.05) is 13.2 Å². The Morgan fingerprint density at radius 3 is 2.55 bits per heavy atom. The first-order valence-electron chi connectivity index (χ1n) is 6.80. The molecule has 0 N–H and O–H groups in total. The van der Waals surface area contributed by atoms with Crippen LogP contribution in [0.5, 0.6) is 0 Å². The molecule has 0 radical (unpaired) electrons. The van der Waals surface area contributed by atoms with Crippen molar-refractivity contribution in [3.8, 4) is 11.1 Å². The van der Waals surface area contributed by atoms with Crippen LogP contribution in [-0.2, 0) is 11.3 Å². The molecule has 0 atom stereocenters. The number of nitrogens with zero attached hydrogens (tertiary/aromatic N) is 1. The summed E-state index contributed by atoms with van der Waals surface area (Å²) in [4.78, 5) is 13.1. The number of benzene rings is 2. The van der Waals surface area contributed by atoms with Crippen molar-refractivity contribution in [2.45, 2.75) is 13.5 Å². The minimum atomic E-state index is -0.215. The quantitative estimate of drug-likeness (QED) is 0.850. The Balaban J connectivity index is 1.76. The zero-order valence-corrected chi connectivity index (χ0v) is 11.5. The maximum Gasteiger partial charge on any atom is 0.410 e. The zero-order valence-electron chi connectivity index (χ0n) is 11.5. The lowest BCUT2D eigenvalue weighted by molar-refractivity contribution is 0.157. The molecule has 1 aliphatic rings. The van der Waals surface area contributed by atoms with Crippen molar-refractivity contribution in [3.05, 3.63) is 59.7 Å². The summed E-state index contributed by atoms with van der Waals surface area (Å²) >= 11 is 0. The van der Waals surface area contributed by atoms with Gasteiger partial charge in [0.15, 0.2) is 0 Å². The van der Waals surface area contributed by atoms with Gasteiger partial charge in [-0.05, 0) is 23.6 Å². The first-order valence-corrected chi connectivity index (χ1v) is 6.80. The number of carbonyl (C=O) groups is 1. The number of aryl methyl sites for hydroxylation is 1. The summed E-state index contributed by atoms with van der Waals surface area (Å²) in [6.45, 7) is 3.89. The summed E-state index contributed by atoms with van der Waals surface area (Å²) in [5, 5.41) is 0. The second-order valence-corrected chi connectivity index (χ2v) is 5.10. The molecule has 1 aliphatic heterocycles. The van der Waals surface area contributed by atoms with E-state index < -0.39 is 0 Å². The predicted molar refractivity (Wildman–Crippen MR) is 78.4 cm³/mol. The number of cyclic esters (lactones) is 1. The van der Waals surface area contributed by atoms with E-state index in [1.165, 1.54) is 16.7 Å². The van der Waals surface area contributed by atoms with Gasteiger partial charge in [-0.25, -0.2) is 4.79 Å². The van der Waals surface area contributed by atoms with Gasteiger partial charge in [0, 0.05) is 6.54 Å². The van der Waals surface area contributed by atoms with E-state index in [9.17, 15) is 4.79 Å². The maximum absolute atomic E-state index is 11.4. The van der Waals surface area contributed by atoms with Crippen LogP contribution >= 0.6 is 0 Å². The molecule has 2 aromatic rings. The monoisotopic (exact) mass is 267 g/mol. The van der Waals surface area contributed by atoms with Gasteiger partial charge in [-0.3, -0.25) is 0 Å². The van der Waals surface area contributed by atoms with E-state index in [4.69, 9.17) is 4.74 Å². The van der Waals surface area contributed by atoms with Crippen molar-refractivity contribution in [1.29, 1.82) is 0 Å². The van der Waals surface area contributed by atoms with Gasteiger partial charge in [0.05, 0.1) is 6.54 Å². The summed E-state index contributed by atoms with van der Waals surface area (Å²) in [6, 6.07) is 16.8. The van der Waals surface area contributed by atoms with E-state index in [0.717, 1.165) is 5.56 Å². The van der Waals surface area contributed by atoms with E-state index in [0.29, 0.717) is 19.7 Å². The second-order valence-electron chi connectivity index (χ2n) is 5.10. The van der Waals surface area contributed by atoms with Crippen molar-refractivity contribution in [3.63, 3.8) is 0 Å².